The monoisotopic (exact) mass is 553 g/mol. The lowest BCUT2D eigenvalue weighted by Crippen LogP contribution is -2.04. The van der Waals surface area contributed by atoms with Crippen LogP contribution in [-0.4, -0.2) is 14.5 Å². The second kappa shape index (κ2) is 9.10. The molecule has 0 aliphatic carbocycles. The summed E-state index contributed by atoms with van der Waals surface area (Å²) in [7, 11) is 0. The van der Waals surface area contributed by atoms with Crippen molar-refractivity contribution in [3.8, 4) is 28.5 Å². The van der Waals surface area contributed by atoms with Gasteiger partial charge in [0.2, 0.25) is 5.95 Å². The molecule has 0 unspecified atom stereocenters. The molecule has 42 heavy (non-hydrogen) atoms. The van der Waals surface area contributed by atoms with Gasteiger partial charge >= 0.3 is 0 Å². The van der Waals surface area contributed by atoms with Gasteiger partial charge in [-0.2, -0.15) is 0 Å². The van der Waals surface area contributed by atoms with Crippen molar-refractivity contribution in [3.05, 3.63) is 140 Å². The van der Waals surface area contributed by atoms with Gasteiger partial charge in [-0.1, -0.05) is 103 Å². The first-order valence-electron chi connectivity index (χ1n) is 14.1. The van der Waals surface area contributed by atoms with E-state index in [1.54, 1.807) is 0 Å². The maximum absolute atomic E-state index is 5.21. The maximum atomic E-state index is 5.21. The van der Waals surface area contributed by atoms with Crippen LogP contribution in [-0.2, 0) is 0 Å². The first-order chi connectivity index (χ1) is 20.8. The standard InChI is InChI=1S/C38H23N3S/c1-3-11-24(12-4-1)31-23-32(25-13-5-2-6-14-25)40-38(39-31)41-33-17-9-7-15-27(33)30-21-26-19-20-36-37(29(26)22-34(30)41)28-16-8-10-18-35(28)42-36/h1-23H. The second-order valence-corrected chi connectivity index (χ2v) is 11.7. The summed E-state index contributed by atoms with van der Waals surface area (Å²) in [5, 5.41) is 7.51. The summed E-state index contributed by atoms with van der Waals surface area (Å²) in [4.78, 5) is 10.4. The van der Waals surface area contributed by atoms with E-state index in [1.165, 1.54) is 41.7 Å². The topological polar surface area (TPSA) is 30.7 Å². The Morgan fingerprint density at radius 3 is 1.83 bits per heavy atom. The Kier molecular flexibility index (Phi) is 5.07. The zero-order valence-electron chi connectivity index (χ0n) is 22.5. The van der Waals surface area contributed by atoms with Crippen LogP contribution in [0.5, 0.6) is 0 Å². The normalized spacial score (nSPS) is 11.8. The summed E-state index contributed by atoms with van der Waals surface area (Å²) in [5.41, 5.74) is 6.14. The van der Waals surface area contributed by atoms with Gasteiger partial charge < -0.3 is 0 Å². The Morgan fingerprint density at radius 2 is 1.10 bits per heavy atom. The van der Waals surface area contributed by atoms with Gasteiger partial charge in [-0.15, -0.1) is 11.3 Å². The van der Waals surface area contributed by atoms with Gasteiger partial charge in [-0.25, -0.2) is 9.97 Å². The molecule has 9 rings (SSSR count). The number of hydrogen-bond acceptors (Lipinski definition) is 3. The highest BCUT2D eigenvalue weighted by Gasteiger charge is 2.19. The summed E-state index contributed by atoms with van der Waals surface area (Å²) < 4.78 is 4.86. The van der Waals surface area contributed by atoms with Crippen molar-refractivity contribution in [2.45, 2.75) is 0 Å². The van der Waals surface area contributed by atoms with Crippen molar-refractivity contribution in [2.75, 3.05) is 0 Å². The summed E-state index contributed by atoms with van der Waals surface area (Å²) in [6.07, 6.45) is 0. The van der Waals surface area contributed by atoms with E-state index in [0.29, 0.717) is 5.95 Å². The van der Waals surface area contributed by atoms with E-state index in [4.69, 9.17) is 9.97 Å². The van der Waals surface area contributed by atoms with Crippen molar-refractivity contribution in [1.29, 1.82) is 0 Å². The van der Waals surface area contributed by atoms with Gasteiger partial charge in [0.1, 0.15) is 0 Å². The van der Waals surface area contributed by atoms with Crippen molar-refractivity contribution < 1.29 is 0 Å². The van der Waals surface area contributed by atoms with Gasteiger partial charge in [0.25, 0.3) is 0 Å². The largest absolute Gasteiger partial charge is 0.278 e. The lowest BCUT2D eigenvalue weighted by atomic mass is 10.0. The third-order valence-corrected chi connectivity index (χ3v) is 9.34. The van der Waals surface area contributed by atoms with Crippen LogP contribution < -0.4 is 0 Å². The van der Waals surface area contributed by atoms with E-state index in [9.17, 15) is 0 Å². The lowest BCUT2D eigenvalue weighted by molar-refractivity contribution is 0.996. The SMILES string of the molecule is c1ccc(-c2cc(-c3ccccc3)nc(-n3c4ccccc4c4cc5ccc6sc7ccccc7c6c5cc43)n2)cc1. The van der Waals surface area contributed by atoms with Crippen LogP contribution >= 0.6 is 11.3 Å². The second-order valence-electron chi connectivity index (χ2n) is 10.7. The summed E-state index contributed by atoms with van der Waals surface area (Å²) >= 11 is 1.86. The van der Waals surface area contributed by atoms with E-state index in [1.807, 2.05) is 23.5 Å². The Labute approximate surface area is 246 Å². The Morgan fingerprint density at radius 1 is 0.452 bits per heavy atom. The number of aromatic nitrogens is 3. The molecule has 4 heteroatoms. The van der Waals surface area contributed by atoms with Crippen LogP contribution in [0.15, 0.2) is 140 Å². The molecule has 0 bridgehead atoms. The van der Waals surface area contributed by atoms with Gasteiger partial charge in [-0.05, 0) is 47.2 Å². The fraction of sp³-hybridized carbons (Fsp3) is 0. The third-order valence-electron chi connectivity index (χ3n) is 8.20. The zero-order valence-corrected chi connectivity index (χ0v) is 23.3. The average Bonchev–Trinajstić information content (AvgIpc) is 3.60. The molecule has 0 aliphatic rings. The molecule has 0 fully saturated rings. The molecular weight excluding hydrogens is 531 g/mol. The quantitative estimate of drug-likeness (QED) is 0.218. The molecule has 0 saturated carbocycles. The third kappa shape index (κ3) is 3.52. The van der Waals surface area contributed by atoms with E-state index < -0.39 is 0 Å². The number of rotatable bonds is 3. The van der Waals surface area contributed by atoms with Crippen molar-refractivity contribution >= 4 is 64.1 Å². The number of fused-ring (bicyclic) bond motifs is 8. The Balaban J connectivity index is 1.41. The van der Waals surface area contributed by atoms with Crippen LogP contribution in [0.4, 0.5) is 0 Å². The first kappa shape index (κ1) is 23.4. The molecule has 0 saturated heterocycles. The minimum absolute atomic E-state index is 0.670. The van der Waals surface area contributed by atoms with E-state index in [0.717, 1.165) is 33.5 Å². The Hall–Kier alpha value is -5.32. The molecule has 3 nitrogen and oxygen atoms in total. The molecule has 0 amide bonds. The number of thiophene rings is 1. The maximum Gasteiger partial charge on any atom is 0.235 e. The molecule has 0 aliphatic heterocycles. The number of benzene rings is 6. The first-order valence-corrected chi connectivity index (χ1v) is 14.9. The van der Waals surface area contributed by atoms with Crippen LogP contribution in [0.2, 0.25) is 0 Å². The summed E-state index contributed by atoms with van der Waals surface area (Å²) in [5.74, 6) is 0.670. The predicted molar refractivity (Wildman–Crippen MR) is 178 cm³/mol. The smallest absolute Gasteiger partial charge is 0.235 e. The number of nitrogens with zero attached hydrogens (tertiary/aromatic N) is 3. The fourth-order valence-corrected chi connectivity index (χ4v) is 7.40. The predicted octanol–water partition coefficient (Wildman–Crippen LogP) is 10.4. The van der Waals surface area contributed by atoms with E-state index >= 15 is 0 Å². The van der Waals surface area contributed by atoms with Gasteiger partial charge in [0.15, 0.2) is 0 Å². The Bertz CT molecular complexity index is 2400. The fourth-order valence-electron chi connectivity index (χ4n) is 6.27. The van der Waals surface area contributed by atoms with Gasteiger partial charge in [-0.3, -0.25) is 4.57 Å². The van der Waals surface area contributed by atoms with E-state index in [-0.39, 0.29) is 0 Å². The lowest BCUT2D eigenvalue weighted by Gasteiger charge is -2.12. The molecule has 0 spiro atoms. The van der Waals surface area contributed by atoms with Gasteiger partial charge in [0.05, 0.1) is 22.4 Å². The van der Waals surface area contributed by atoms with Gasteiger partial charge in [0, 0.05) is 42.1 Å². The average molecular weight is 554 g/mol. The zero-order chi connectivity index (χ0) is 27.6. The van der Waals surface area contributed by atoms with Crippen molar-refractivity contribution in [3.63, 3.8) is 0 Å². The highest BCUT2D eigenvalue weighted by molar-refractivity contribution is 7.26. The van der Waals surface area contributed by atoms with E-state index in [2.05, 4.69) is 132 Å². The minimum atomic E-state index is 0.670. The summed E-state index contributed by atoms with van der Waals surface area (Å²) in [6, 6.07) is 49.4. The van der Waals surface area contributed by atoms with Crippen molar-refractivity contribution in [1.82, 2.24) is 14.5 Å². The highest BCUT2D eigenvalue weighted by Crippen LogP contribution is 2.41. The number of para-hydroxylation sites is 1. The van der Waals surface area contributed by atoms with Crippen LogP contribution in [0, 0.1) is 0 Å². The highest BCUT2D eigenvalue weighted by atomic mass is 32.1. The molecule has 196 valence electrons. The van der Waals surface area contributed by atoms with Crippen LogP contribution in [0.25, 0.3) is 81.2 Å². The molecule has 9 aromatic rings. The molecule has 0 radical (unpaired) electrons. The molecule has 3 heterocycles. The summed E-state index contributed by atoms with van der Waals surface area (Å²) in [6.45, 7) is 0. The molecule has 0 atom stereocenters. The minimum Gasteiger partial charge on any atom is -0.278 e. The van der Waals surface area contributed by atoms with Crippen LogP contribution in [0.1, 0.15) is 0 Å². The molecule has 0 N–H and O–H groups in total. The molecule has 3 aromatic heterocycles. The molecular formula is C38H23N3S. The van der Waals surface area contributed by atoms with Crippen LogP contribution in [0.3, 0.4) is 0 Å². The molecule has 6 aromatic carbocycles. The van der Waals surface area contributed by atoms with Crippen molar-refractivity contribution in [2.24, 2.45) is 0 Å². The number of hydrogen-bond donors (Lipinski definition) is 0.